The van der Waals surface area contributed by atoms with E-state index in [1.165, 1.54) is 71.3 Å². The Kier molecular flexibility index (Phi) is 6.25. The van der Waals surface area contributed by atoms with Gasteiger partial charge >= 0.3 is 0 Å². The van der Waals surface area contributed by atoms with Gasteiger partial charge in [0.2, 0.25) is 0 Å². The molecular formula is C48H30O. The number of rotatable bonds is 4. The van der Waals surface area contributed by atoms with E-state index in [9.17, 15) is 0 Å². The second-order valence-corrected chi connectivity index (χ2v) is 12.8. The van der Waals surface area contributed by atoms with Crippen molar-refractivity contribution in [2.45, 2.75) is 0 Å². The molecule has 0 N–H and O–H groups in total. The van der Waals surface area contributed by atoms with E-state index < -0.39 is 0 Å². The molecule has 49 heavy (non-hydrogen) atoms. The Bertz CT molecular complexity index is 2820. The maximum absolute atomic E-state index is 6.37. The molecule has 0 atom stereocenters. The van der Waals surface area contributed by atoms with Gasteiger partial charge in [0.05, 0.1) is 0 Å². The van der Waals surface area contributed by atoms with Crippen molar-refractivity contribution in [3.8, 4) is 44.5 Å². The molecule has 0 aliphatic heterocycles. The number of benzene rings is 9. The molecule has 1 aromatic heterocycles. The molecule has 1 heterocycles. The topological polar surface area (TPSA) is 13.1 Å². The largest absolute Gasteiger partial charge is 0.456 e. The normalized spacial score (nSPS) is 11.7. The van der Waals surface area contributed by atoms with E-state index >= 15 is 0 Å². The molecule has 0 saturated heterocycles. The summed E-state index contributed by atoms with van der Waals surface area (Å²) in [4.78, 5) is 0. The highest BCUT2D eigenvalue weighted by atomic mass is 16.3. The minimum Gasteiger partial charge on any atom is -0.456 e. The number of hydrogen-bond donors (Lipinski definition) is 0. The Morgan fingerprint density at radius 1 is 0.265 bits per heavy atom. The van der Waals surface area contributed by atoms with Gasteiger partial charge in [0.25, 0.3) is 0 Å². The molecule has 0 spiro atoms. The molecule has 0 unspecified atom stereocenters. The monoisotopic (exact) mass is 622 g/mol. The Morgan fingerprint density at radius 3 is 1.51 bits per heavy atom. The summed E-state index contributed by atoms with van der Waals surface area (Å²) in [5, 5.41) is 9.69. The highest BCUT2D eigenvalue weighted by Crippen LogP contribution is 2.47. The lowest BCUT2D eigenvalue weighted by Crippen LogP contribution is -1.93. The molecule has 0 aliphatic carbocycles. The van der Waals surface area contributed by atoms with Crippen molar-refractivity contribution in [2.75, 3.05) is 0 Å². The van der Waals surface area contributed by atoms with Gasteiger partial charge in [-0.1, -0.05) is 152 Å². The Balaban J connectivity index is 1.27. The van der Waals surface area contributed by atoms with E-state index in [-0.39, 0.29) is 0 Å². The van der Waals surface area contributed by atoms with Crippen molar-refractivity contribution in [1.82, 2.24) is 0 Å². The zero-order valence-corrected chi connectivity index (χ0v) is 26.7. The summed E-state index contributed by atoms with van der Waals surface area (Å²) in [5.74, 6) is 0. The van der Waals surface area contributed by atoms with Crippen LogP contribution < -0.4 is 0 Å². The molecule has 1 nitrogen and oxygen atoms in total. The van der Waals surface area contributed by atoms with Crippen molar-refractivity contribution in [2.24, 2.45) is 0 Å². The van der Waals surface area contributed by atoms with Gasteiger partial charge in [-0.25, -0.2) is 0 Å². The molecule has 0 saturated carbocycles. The first-order valence-electron chi connectivity index (χ1n) is 16.8. The lowest BCUT2D eigenvalue weighted by Gasteiger charge is -2.20. The third kappa shape index (κ3) is 4.40. The zero-order valence-electron chi connectivity index (χ0n) is 26.7. The summed E-state index contributed by atoms with van der Waals surface area (Å²) in [6.07, 6.45) is 0. The van der Waals surface area contributed by atoms with E-state index in [0.29, 0.717) is 0 Å². The highest BCUT2D eigenvalue weighted by Gasteiger charge is 2.20. The lowest BCUT2D eigenvalue weighted by atomic mass is 9.83. The summed E-state index contributed by atoms with van der Waals surface area (Å²) in [7, 11) is 0. The molecule has 10 aromatic rings. The fraction of sp³-hybridized carbons (Fsp3) is 0. The van der Waals surface area contributed by atoms with E-state index in [4.69, 9.17) is 4.42 Å². The van der Waals surface area contributed by atoms with Crippen LogP contribution in [0.25, 0.3) is 98.8 Å². The molecule has 0 fully saturated rings. The van der Waals surface area contributed by atoms with Gasteiger partial charge in [0.15, 0.2) is 0 Å². The third-order valence-electron chi connectivity index (χ3n) is 10.1. The van der Waals surface area contributed by atoms with E-state index in [0.717, 1.165) is 27.5 Å². The van der Waals surface area contributed by atoms with Gasteiger partial charge in [-0.05, 0) is 107 Å². The van der Waals surface area contributed by atoms with Crippen LogP contribution in [0.1, 0.15) is 0 Å². The van der Waals surface area contributed by atoms with Gasteiger partial charge in [-0.2, -0.15) is 0 Å². The molecule has 0 bridgehead atoms. The van der Waals surface area contributed by atoms with E-state index in [1.54, 1.807) is 0 Å². The van der Waals surface area contributed by atoms with Crippen molar-refractivity contribution >= 4 is 54.3 Å². The molecule has 1 heteroatoms. The Labute approximate surface area is 284 Å². The lowest BCUT2D eigenvalue weighted by molar-refractivity contribution is 0.669. The van der Waals surface area contributed by atoms with Crippen molar-refractivity contribution < 1.29 is 4.42 Å². The van der Waals surface area contributed by atoms with Crippen LogP contribution in [0, 0.1) is 0 Å². The van der Waals surface area contributed by atoms with E-state index in [2.05, 4.69) is 170 Å². The van der Waals surface area contributed by atoms with Crippen LogP contribution in [0.3, 0.4) is 0 Å². The first kappa shape index (κ1) is 27.7. The standard InChI is InChI=1S/C48H30O/c1-2-14-31(15-3-1)35-17-6-7-19-37(35)44-29-34(28-32-16-4-5-18-36(32)44)48-42-23-10-8-21-40(42)47(41-22-9-11-24-43(41)48)33-26-27-39-38-20-12-13-25-45(38)49-46(39)30-33/h1-30H. The minimum absolute atomic E-state index is 0.909. The smallest absolute Gasteiger partial charge is 0.136 e. The van der Waals surface area contributed by atoms with Crippen LogP contribution in [0.4, 0.5) is 0 Å². The maximum atomic E-state index is 6.37. The Hall–Kier alpha value is -6.44. The summed E-state index contributed by atoms with van der Waals surface area (Å²) in [5.41, 5.74) is 11.6. The van der Waals surface area contributed by atoms with Crippen molar-refractivity contribution in [1.29, 1.82) is 0 Å². The zero-order chi connectivity index (χ0) is 32.3. The van der Waals surface area contributed by atoms with E-state index in [1.807, 2.05) is 12.1 Å². The number of fused-ring (bicyclic) bond motifs is 6. The van der Waals surface area contributed by atoms with Crippen molar-refractivity contribution in [3.63, 3.8) is 0 Å². The first-order chi connectivity index (χ1) is 24.3. The summed E-state index contributed by atoms with van der Waals surface area (Å²) < 4.78 is 6.37. The van der Waals surface area contributed by atoms with Gasteiger partial charge in [0.1, 0.15) is 11.2 Å². The fourth-order valence-corrected chi connectivity index (χ4v) is 7.90. The number of furan rings is 1. The predicted octanol–water partition coefficient (Wildman–Crippen LogP) is 13.7. The maximum Gasteiger partial charge on any atom is 0.136 e. The van der Waals surface area contributed by atoms with Crippen LogP contribution in [0.2, 0.25) is 0 Å². The molecule has 228 valence electrons. The van der Waals surface area contributed by atoms with Gasteiger partial charge < -0.3 is 4.42 Å². The van der Waals surface area contributed by atoms with Gasteiger partial charge in [-0.15, -0.1) is 0 Å². The van der Waals surface area contributed by atoms with Crippen LogP contribution in [-0.2, 0) is 0 Å². The van der Waals surface area contributed by atoms with Gasteiger partial charge in [0, 0.05) is 10.8 Å². The van der Waals surface area contributed by atoms with Crippen LogP contribution >= 0.6 is 0 Å². The van der Waals surface area contributed by atoms with Gasteiger partial charge in [-0.3, -0.25) is 0 Å². The average Bonchev–Trinajstić information content (AvgIpc) is 3.55. The Morgan fingerprint density at radius 2 is 0.796 bits per heavy atom. The molecule has 0 amide bonds. The molecule has 9 aromatic carbocycles. The summed E-state index contributed by atoms with van der Waals surface area (Å²) in [6, 6.07) is 65.8. The van der Waals surface area contributed by atoms with Crippen LogP contribution in [-0.4, -0.2) is 0 Å². The molecule has 10 rings (SSSR count). The predicted molar refractivity (Wildman–Crippen MR) is 208 cm³/mol. The number of hydrogen-bond acceptors (Lipinski definition) is 1. The van der Waals surface area contributed by atoms with Crippen LogP contribution in [0.15, 0.2) is 186 Å². The SMILES string of the molecule is c1ccc(-c2ccccc2-c2cc(-c3c4ccccc4c(-c4ccc5c(c4)oc4ccccc45)c4ccccc34)cc3ccccc23)cc1. The average molecular weight is 623 g/mol. The third-order valence-corrected chi connectivity index (χ3v) is 10.1. The van der Waals surface area contributed by atoms with Crippen LogP contribution in [0.5, 0.6) is 0 Å². The fourth-order valence-electron chi connectivity index (χ4n) is 7.90. The van der Waals surface area contributed by atoms with Crippen molar-refractivity contribution in [3.05, 3.63) is 182 Å². The number of para-hydroxylation sites is 1. The molecule has 0 aliphatic rings. The quantitative estimate of drug-likeness (QED) is 0.178. The second-order valence-electron chi connectivity index (χ2n) is 12.8. The summed E-state index contributed by atoms with van der Waals surface area (Å²) >= 11 is 0. The first-order valence-corrected chi connectivity index (χ1v) is 16.8. The highest BCUT2D eigenvalue weighted by molar-refractivity contribution is 6.23. The molecular weight excluding hydrogens is 593 g/mol. The summed E-state index contributed by atoms with van der Waals surface area (Å²) in [6.45, 7) is 0. The minimum atomic E-state index is 0.909. The second kappa shape index (κ2) is 11.1. The molecule has 0 radical (unpaired) electrons.